The van der Waals surface area contributed by atoms with Crippen LogP contribution < -0.4 is 82.3 Å². The number of nitrogens with two attached hydrogens (primary N) is 6. The molecule has 518 valence electrons. The minimum Gasteiger partial charge on any atom is -0.481 e. The Morgan fingerprint density at radius 3 is 1.04 bits per heavy atom. The van der Waals surface area contributed by atoms with Crippen molar-refractivity contribution in [2.75, 3.05) is 13.1 Å². The topological polar surface area (TPSA) is 609 Å². The van der Waals surface area contributed by atoms with Crippen molar-refractivity contribution in [3.63, 3.8) is 0 Å². The Kier molecular flexibility index (Phi) is 34.8. The highest BCUT2D eigenvalue weighted by Gasteiger charge is 2.38. The number of carbonyl (C=O) groups is 14. The quantitative estimate of drug-likeness (QED) is 0.0168. The largest absolute Gasteiger partial charge is 0.481 e. The van der Waals surface area contributed by atoms with Crippen LogP contribution >= 0.6 is 0 Å². The van der Waals surface area contributed by atoms with Gasteiger partial charge in [0.15, 0.2) is 11.9 Å². The number of hydrogen-bond acceptors (Lipinski definition) is 17. The van der Waals surface area contributed by atoms with E-state index in [0.717, 1.165) is 0 Å². The minimum atomic E-state index is -1.89. The monoisotopic (exact) mass is 1320 g/mol. The van der Waals surface area contributed by atoms with Gasteiger partial charge in [-0.25, -0.2) is 4.79 Å². The number of guanidine groups is 2. The summed E-state index contributed by atoms with van der Waals surface area (Å²) in [6.45, 7) is 6.03. The first-order valence-corrected chi connectivity index (χ1v) is 30.0. The van der Waals surface area contributed by atoms with E-state index in [1.807, 2.05) is 0 Å². The third-order valence-corrected chi connectivity index (χ3v) is 14.1. The lowest BCUT2D eigenvalue weighted by atomic mass is 9.99. The van der Waals surface area contributed by atoms with Gasteiger partial charge in [0.05, 0.1) is 12.5 Å². The van der Waals surface area contributed by atoms with Gasteiger partial charge in [0.2, 0.25) is 59.1 Å². The number of carboxylic acid groups (broad SMARTS) is 4. The van der Waals surface area contributed by atoms with Crippen molar-refractivity contribution in [3.8, 4) is 0 Å². The number of benzene rings is 2. The number of nitrogens with one attached hydrogen (secondary N) is 9. The van der Waals surface area contributed by atoms with E-state index in [2.05, 4.69) is 57.8 Å². The number of primary amides is 1. The predicted octanol–water partition coefficient (Wildman–Crippen LogP) is -4.86. The summed E-state index contributed by atoms with van der Waals surface area (Å²) in [4.78, 5) is 194. The fourth-order valence-electron chi connectivity index (χ4n) is 9.02. The van der Waals surface area contributed by atoms with Crippen molar-refractivity contribution >= 4 is 94.9 Å². The predicted molar refractivity (Wildman–Crippen MR) is 337 cm³/mol. The summed E-state index contributed by atoms with van der Waals surface area (Å²) in [7, 11) is 0. The van der Waals surface area contributed by atoms with Gasteiger partial charge in [0.25, 0.3) is 0 Å². The van der Waals surface area contributed by atoms with Crippen molar-refractivity contribution in [3.05, 3.63) is 71.8 Å². The average molecular weight is 1320 g/mol. The smallest absolute Gasteiger partial charge is 0.326 e. The molecule has 2 aromatic rings. The second-order valence-corrected chi connectivity index (χ2v) is 22.6. The number of aliphatic carboxylic acids is 4. The van der Waals surface area contributed by atoms with Crippen molar-refractivity contribution in [2.45, 2.75) is 172 Å². The number of aliphatic imine (C=N–C) groups is 2. The fraction of sp³-hybridized carbons (Fsp3) is 0.525. The van der Waals surface area contributed by atoms with Gasteiger partial charge in [-0.2, -0.15) is 0 Å². The van der Waals surface area contributed by atoms with Crippen LogP contribution in [0, 0.1) is 11.8 Å². The standard InChI is InChI=1S/C59H89N17O18/c1-30(2)46(55(91)70-35(19-22-43(78)79)49(85)72-40(28-33-15-9-6-10-16-33)53(89)71-38(57(93)94)18-12-26-67-59(64)65)75-51(87)37(21-24-45(82)83)69-52(88)39(27-32-13-7-5-8-14-32)73-54(90)41(29-42(61)77)74-56(92)47(31(3)4)76-50(86)36(20-23-44(80)81)68-48(84)34(60)17-11-25-66-58(62)63/h5-10,13-16,30-31,34-41,46-47H,11-12,17-29,60H2,1-4H3,(H2,61,77)(H,68,84)(H,69,88)(H,70,91)(H,71,89)(H,72,85)(H,73,90)(H,74,92)(H,75,87)(H,76,86)(H,78,79)(H,80,81)(H,82,83)(H,93,94)(H4,62,63,66)(H4,64,65,67)/t34-,35-,36-,37-,38-,39-,40-,41-,46-,47-/m0/s1. The molecule has 0 bridgehead atoms. The number of amides is 10. The zero-order valence-electron chi connectivity index (χ0n) is 52.7. The highest BCUT2D eigenvalue weighted by molar-refractivity contribution is 6.00. The molecule has 94 heavy (non-hydrogen) atoms. The molecule has 2 aromatic carbocycles. The van der Waals surface area contributed by atoms with E-state index in [4.69, 9.17) is 34.4 Å². The van der Waals surface area contributed by atoms with Crippen LogP contribution in [-0.2, 0) is 80.0 Å². The van der Waals surface area contributed by atoms with Crippen molar-refractivity contribution < 1.29 is 87.5 Å². The summed E-state index contributed by atoms with van der Waals surface area (Å²) in [6, 6.07) is -0.0219. The van der Waals surface area contributed by atoms with Gasteiger partial charge < -0.3 is 103 Å². The maximum atomic E-state index is 14.5. The molecule has 0 unspecified atom stereocenters. The third-order valence-electron chi connectivity index (χ3n) is 14.1. The Morgan fingerprint density at radius 1 is 0.383 bits per heavy atom. The molecule has 10 atom stereocenters. The zero-order chi connectivity index (χ0) is 70.8. The first-order chi connectivity index (χ1) is 44.2. The molecule has 35 heteroatoms. The van der Waals surface area contributed by atoms with Crippen LogP contribution in [0.3, 0.4) is 0 Å². The van der Waals surface area contributed by atoms with E-state index in [9.17, 15) is 87.5 Å². The summed E-state index contributed by atoms with van der Waals surface area (Å²) in [5.74, 6) is -18.5. The van der Waals surface area contributed by atoms with E-state index in [1.54, 1.807) is 60.7 Å². The van der Waals surface area contributed by atoms with Crippen molar-refractivity contribution in [2.24, 2.45) is 56.2 Å². The van der Waals surface area contributed by atoms with E-state index in [-0.39, 0.29) is 63.5 Å². The molecular formula is C59H89N17O18. The maximum absolute atomic E-state index is 14.5. The molecule has 2 rings (SSSR count). The van der Waals surface area contributed by atoms with Crippen LogP contribution in [0.4, 0.5) is 0 Å². The summed E-state index contributed by atoms with van der Waals surface area (Å²) >= 11 is 0. The number of carboxylic acids is 4. The van der Waals surface area contributed by atoms with Crippen LogP contribution in [-0.4, -0.2) is 189 Å². The van der Waals surface area contributed by atoms with Crippen LogP contribution in [0.1, 0.15) is 109 Å². The molecule has 25 N–H and O–H groups in total. The molecule has 35 nitrogen and oxygen atoms in total. The van der Waals surface area contributed by atoms with Gasteiger partial charge in [-0.05, 0) is 67.9 Å². The highest BCUT2D eigenvalue weighted by atomic mass is 16.4. The number of nitrogens with zero attached hydrogens (tertiary/aromatic N) is 2. The lowest BCUT2D eigenvalue weighted by Gasteiger charge is -2.29. The maximum Gasteiger partial charge on any atom is 0.326 e. The summed E-state index contributed by atoms with van der Waals surface area (Å²) in [5.41, 5.74) is 33.8. The fourth-order valence-corrected chi connectivity index (χ4v) is 9.02. The summed E-state index contributed by atoms with van der Waals surface area (Å²) in [5, 5.41) is 60.5. The summed E-state index contributed by atoms with van der Waals surface area (Å²) < 4.78 is 0. The second-order valence-electron chi connectivity index (χ2n) is 22.6. The molecule has 0 saturated carbocycles. The van der Waals surface area contributed by atoms with Crippen molar-refractivity contribution in [1.29, 1.82) is 0 Å². The molecule has 0 aliphatic heterocycles. The molecule has 0 saturated heterocycles. The van der Waals surface area contributed by atoms with E-state index < -0.39 is 200 Å². The molecule has 0 aliphatic rings. The highest BCUT2D eigenvalue weighted by Crippen LogP contribution is 2.14. The Balaban J connectivity index is 2.52. The normalized spacial score (nSPS) is 14.1. The SMILES string of the molecule is CC(C)[C@H](NC(=O)[C@H](CCC(=O)O)NC(=O)[C@H](Cc1ccccc1)NC(=O)[C@H](CC(N)=O)NC(=O)[C@@H](NC(=O)[C@H](CCC(=O)O)NC(=O)[C@@H](N)CCCN=C(N)N)C(C)C)C(=O)N[C@@H](CCC(=O)O)C(=O)N[C@@H](Cc1ccccc1)C(=O)N[C@@H](CCCN=C(N)N)C(=O)O. The van der Waals surface area contributed by atoms with Crippen LogP contribution in [0.2, 0.25) is 0 Å². The van der Waals surface area contributed by atoms with E-state index in [1.165, 1.54) is 27.7 Å². The molecule has 0 heterocycles. The van der Waals surface area contributed by atoms with Crippen molar-refractivity contribution in [1.82, 2.24) is 47.9 Å². The molecule has 0 aliphatic carbocycles. The van der Waals surface area contributed by atoms with E-state index in [0.29, 0.717) is 11.1 Å². The zero-order valence-corrected chi connectivity index (χ0v) is 52.7. The first kappa shape index (κ1) is 79.6. The lowest BCUT2D eigenvalue weighted by Crippen LogP contribution is -2.62. The Morgan fingerprint density at radius 2 is 0.691 bits per heavy atom. The molecule has 10 amide bonds. The molecule has 0 radical (unpaired) electrons. The lowest BCUT2D eigenvalue weighted by molar-refractivity contribution is -0.142. The average Bonchev–Trinajstić information content (AvgIpc) is 0.882. The summed E-state index contributed by atoms with van der Waals surface area (Å²) in [6.07, 6.45) is -5.00. The van der Waals surface area contributed by atoms with Gasteiger partial charge >= 0.3 is 23.9 Å². The van der Waals surface area contributed by atoms with Crippen LogP contribution in [0.5, 0.6) is 0 Å². The number of carbonyl (C=O) groups excluding carboxylic acids is 10. The number of rotatable bonds is 44. The Bertz CT molecular complexity index is 3000. The van der Waals surface area contributed by atoms with Gasteiger partial charge in [0, 0.05) is 45.2 Å². The van der Waals surface area contributed by atoms with Crippen LogP contribution in [0.15, 0.2) is 70.6 Å². The minimum absolute atomic E-state index is 0.0274. The third kappa shape index (κ3) is 31.0. The molecule has 0 spiro atoms. The Hall–Kier alpha value is -10.5. The Labute approximate surface area is 541 Å². The van der Waals surface area contributed by atoms with Crippen LogP contribution in [0.25, 0.3) is 0 Å². The van der Waals surface area contributed by atoms with Gasteiger partial charge in [-0.1, -0.05) is 88.4 Å². The van der Waals surface area contributed by atoms with Gasteiger partial charge in [-0.15, -0.1) is 0 Å². The second kappa shape index (κ2) is 41.1. The van der Waals surface area contributed by atoms with Gasteiger partial charge in [0.1, 0.15) is 54.4 Å². The molecule has 0 fully saturated rings. The number of hydrogen-bond donors (Lipinski definition) is 19. The molecular weight excluding hydrogens is 1230 g/mol. The first-order valence-electron chi connectivity index (χ1n) is 30.0. The molecule has 0 aromatic heterocycles. The van der Waals surface area contributed by atoms with E-state index >= 15 is 0 Å². The van der Waals surface area contributed by atoms with Gasteiger partial charge in [-0.3, -0.25) is 72.3 Å².